The number of ether oxygens (including phenoxy) is 1. The van der Waals surface area contributed by atoms with Gasteiger partial charge in [0.1, 0.15) is 5.75 Å². The van der Waals surface area contributed by atoms with Crippen molar-refractivity contribution in [2.45, 2.75) is 38.9 Å². The van der Waals surface area contributed by atoms with Crippen LogP contribution in [-0.4, -0.2) is 34.3 Å². The molecule has 0 N–H and O–H groups in total. The summed E-state index contributed by atoms with van der Waals surface area (Å²) in [7, 11) is 1.67. The Kier molecular flexibility index (Phi) is 4.79. The third-order valence-corrected chi connectivity index (χ3v) is 6.01. The molecule has 2 heterocycles. The van der Waals surface area contributed by atoms with E-state index in [4.69, 9.17) is 9.72 Å². The molecule has 6 heteroatoms. The van der Waals surface area contributed by atoms with E-state index in [0.29, 0.717) is 19.1 Å². The largest absolute Gasteiger partial charge is 0.497 e. The molecule has 0 amide bonds. The summed E-state index contributed by atoms with van der Waals surface area (Å²) in [6, 6.07) is 18.6. The van der Waals surface area contributed by atoms with Gasteiger partial charge in [0.05, 0.1) is 26.1 Å². The zero-order valence-corrected chi connectivity index (χ0v) is 17.4. The fourth-order valence-electron chi connectivity index (χ4n) is 4.12. The minimum absolute atomic E-state index is 0.0604. The Balaban J connectivity index is 1.58. The van der Waals surface area contributed by atoms with Gasteiger partial charge in [0.25, 0.3) is 5.56 Å². The third kappa shape index (κ3) is 3.48. The van der Waals surface area contributed by atoms with Crippen molar-refractivity contribution >= 4 is 11.6 Å². The Morgan fingerprint density at radius 2 is 1.77 bits per heavy atom. The SMILES string of the molecule is COc1ccc(N2CN(C3CC3)Cn3c2nc(C)c(Cc2ccccc2)c3=O)cc1. The van der Waals surface area contributed by atoms with Crippen LogP contribution in [0.5, 0.6) is 5.75 Å². The second-order valence-corrected chi connectivity index (χ2v) is 8.10. The predicted molar refractivity (Wildman–Crippen MR) is 117 cm³/mol. The number of aromatic nitrogens is 2. The molecule has 1 fully saturated rings. The fourth-order valence-corrected chi connectivity index (χ4v) is 4.12. The van der Waals surface area contributed by atoms with Gasteiger partial charge in [0.2, 0.25) is 5.95 Å². The molecule has 3 aromatic rings. The lowest BCUT2D eigenvalue weighted by Crippen LogP contribution is -2.48. The number of benzene rings is 2. The van der Waals surface area contributed by atoms with Gasteiger partial charge in [-0.3, -0.25) is 19.2 Å². The smallest absolute Gasteiger partial charge is 0.259 e. The lowest BCUT2D eigenvalue weighted by Gasteiger charge is -2.38. The monoisotopic (exact) mass is 402 g/mol. The molecule has 154 valence electrons. The van der Waals surface area contributed by atoms with Crippen LogP contribution in [-0.2, 0) is 13.1 Å². The summed E-state index contributed by atoms with van der Waals surface area (Å²) in [5.41, 5.74) is 3.77. The van der Waals surface area contributed by atoms with E-state index in [0.717, 1.165) is 40.9 Å². The minimum Gasteiger partial charge on any atom is -0.497 e. The van der Waals surface area contributed by atoms with E-state index in [1.165, 1.54) is 12.8 Å². The van der Waals surface area contributed by atoms with Gasteiger partial charge in [-0.05, 0) is 49.6 Å². The number of hydrogen-bond acceptors (Lipinski definition) is 5. The lowest BCUT2D eigenvalue weighted by atomic mass is 10.1. The highest BCUT2D eigenvalue weighted by Crippen LogP contribution is 2.34. The van der Waals surface area contributed by atoms with Crippen molar-refractivity contribution in [3.05, 3.63) is 81.8 Å². The number of fused-ring (bicyclic) bond motifs is 1. The molecule has 1 aliphatic carbocycles. The van der Waals surface area contributed by atoms with Gasteiger partial charge in [-0.15, -0.1) is 0 Å². The van der Waals surface area contributed by atoms with Gasteiger partial charge < -0.3 is 4.74 Å². The van der Waals surface area contributed by atoms with Gasteiger partial charge in [-0.25, -0.2) is 4.98 Å². The maximum atomic E-state index is 13.6. The summed E-state index contributed by atoms with van der Waals surface area (Å²) in [5.74, 6) is 1.53. The summed E-state index contributed by atoms with van der Waals surface area (Å²) in [6.07, 6.45) is 2.98. The number of rotatable bonds is 5. The van der Waals surface area contributed by atoms with Gasteiger partial charge >= 0.3 is 0 Å². The van der Waals surface area contributed by atoms with E-state index >= 15 is 0 Å². The van der Waals surface area contributed by atoms with E-state index in [9.17, 15) is 4.79 Å². The van der Waals surface area contributed by atoms with Crippen LogP contribution in [0.1, 0.15) is 29.7 Å². The van der Waals surface area contributed by atoms with Gasteiger partial charge in [0.15, 0.2) is 0 Å². The number of methoxy groups -OCH3 is 1. The van der Waals surface area contributed by atoms with Crippen molar-refractivity contribution in [3.8, 4) is 5.75 Å². The van der Waals surface area contributed by atoms with Gasteiger partial charge in [-0.1, -0.05) is 30.3 Å². The summed E-state index contributed by atoms with van der Waals surface area (Å²) in [6.45, 7) is 3.28. The Labute approximate surface area is 176 Å². The van der Waals surface area contributed by atoms with Crippen LogP contribution in [0, 0.1) is 6.92 Å². The average molecular weight is 402 g/mol. The summed E-state index contributed by atoms with van der Waals surface area (Å²) in [4.78, 5) is 23.0. The topological polar surface area (TPSA) is 50.6 Å². The Hall–Kier alpha value is -3.12. The predicted octanol–water partition coefficient (Wildman–Crippen LogP) is 3.68. The van der Waals surface area contributed by atoms with Crippen molar-refractivity contribution in [1.29, 1.82) is 0 Å². The van der Waals surface area contributed by atoms with Crippen molar-refractivity contribution in [1.82, 2.24) is 14.5 Å². The van der Waals surface area contributed by atoms with E-state index in [2.05, 4.69) is 21.9 Å². The highest BCUT2D eigenvalue weighted by molar-refractivity contribution is 5.59. The Morgan fingerprint density at radius 3 is 2.43 bits per heavy atom. The maximum absolute atomic E-state index is 13.6. The molecule has 5 rings (SSSR count). The molecule has 0 atom stereocenters. The van der Waals surface area contributed by atoms with Crippen LogP contribution in [0.25, 0.3) is 0 Å². The molecule has 0 spiro atoms. The number of anilines is 2. The first-order valence-electron chi connectivity index (χ1n) is 10.4. The second-order valence-electron chi connectivity index (χ2n) is 8.10. The minimum atomic E-state index is 0.0604. The molecule has 0 saturated heterocycles. The Bertz CT molecular complexity index is 1100. The van der Waals surface area contributed by atoms with Crippen molar-refractivity contribution in [2.24, 2.45) is 0 Å². The molecule has 6 nitrogen and oxygen atoms in total. The van der Waals surface area contributed by atoms with Gasteiger partial charge in [0, 0.05) is 23.7 Å². The van der Waals surface area contributed by atoms with Crippen molar-refractivity contribution < 1.29 is 4.74 Å². The van der Waals surface area contributed by atoms with Crippen LogP contribution < -0.4 is 15.2 Å². The fraction of sp³-hybridized carbons (Fsp3) is 0.333. The van der Waals surface area contributed by atoms with Crippen LogP contribution in [0.3, 0.4) is 0 Å². The first-order valence-corrected chi connectivity index (χ1v) is 10.4. The normalized spacial score (nSPS) is 16.4. The number of aryl methyl sites for hydroxylation is 1. The zero-order chi connectivity index (χ0) is 20.7. The first kappa shape index (κ1) is 18.9. The van der Waals surface area contributed by atoms with E-state index in [-0.39, 0.29) is 5.56 Å². The van der Waals surface area contributed by atoms with Crippen LogP contribution in [0.4, 0.5) is 11.6 Å². The quantitative estimate of drug-likeness (QED) is 0.652. The Morgan fingerprint density at radius 1 is 1.03 bits per heavy atom. The van der Waals surface area contributed by atoms with Crippen molar-refractivity contribution in [3.63, 3.8) is 0 Å². The maximum Gasteiger partial charge on any atom is 0.259 e. The second kappa shape index (κ2) is 7.61. The van der Waals surface area contributed by atoms with Crippen LogP contribution >= 0.6 is 0 Å². The molecule has 1 saturated carbocycles. The highest BCUT2D eigenvalue weighted by Gasteiger charge is 2.36. The summed E-state index contributed by atoms with van der Waals surface area (Å²) >= 11 is 0. The molecule has 0 bridgehead atoms. The molecule has 1 aromatic heterocycles. The molecular weight excluding hydrogens is 376 g/mol. The summed E-state index contributed by atoms with van der Waals surface area (Å²) in [5, 5.41) is 0. The van der Waals surface area contributed by atoms with Crippen molar-refractivity contribution in [2.75, 3.05) is 18.7 Å². The van der Waals surface area contributed by atoms with E-state index in [1.807, 2.05) is 54.0 Å². The third-order valence-electron chi connectivity index (χ3n) is 6.01. The number of hydrogen-bond donors (Lipinski definition) is 0. The average Bonchev–Trinajstić information content (AvgIpc) is 3.62. The molecule has 2 aliphatic rings. The standard InChI is InChI=1S/C24H26N4O2/c1-17-22(14-18-6-4-3-5-7-18)23(29)28-16-26(19-8-9-19)15-27(24(28)25-17)20-10-12-21(30-2)13-11-20/h3-7,10-13,19H,8-9,14-16H2,1-2H3. The molecular formula is C24H26N4O2. The van der Waals surface area contributed by atoms with E-state index in [1.54, 1.807) is 7.11 Å². The lowest BCUT2D eigenvalue weighted by molar-refractivity contribution is 0.188. The summed E-state index contributed by atoms with van der Waals surface area (Å²) < 4.78 is 7.15. The molecule has 1 aliphatic heterocycles. The van der Waals surface area contributed by atoms with E-state index < -0.39 is 0 Å². The zero-order valence-electron chi connectivity index (χ0n) is 17.4. The van der Waals surface area contributed by atoms with Crippen LogP contribution in [0.15, 0.2) is 59.4 Å². The molecule has 0 unspecified atom stereocenters. The molecule has 2 aromatic carbocycles. The first-order chi connectivity index (χ1) is 14.6. The highest BCUT2D eigenvalue weighted by atomic mass is 16.5. The molecule has 0 radical (unpaired) electrons. The molecule has 30 heavy (non-hydrogen) atoms. The number of nitrogens with zero attached hydrogens (tertiary/aromatic N) is 4. The van der Waals surface area contributed by atoms with Crippen LogP contribution in [0.2, 0.25) is 0 Å². The van der Waals surface area contributed by atoms with Gasteiger partial charge in [-0.2, -0.15) is 0 Å².